The Kier molecular flexibility index (Phi) is 8.43. The number of nitrogens with two attached hydrogens (primary N) is 1. The van der Waals surface area contributed by atoms with Gasteiger partial charge in [-0.15, -0.1) is 0 Å². The molecule has 0 rings (SSSR count). The lowest BCUT2D eigenvalue weighted by atomic mass is 10.1. The monoisotopic (exact) mass is 231 g/mol. The van der Waals surface area contributed by atoms with Crippen molar-refractivity contribution in [1.29, 1.82) is 0 Å². The molecule has 2 nitrogen and oxygen atoms in total. The summed E-state index contributed by atoms with van der Waals surface area (Å²) in [5, 5.41) is 4.95. The lowest BCUT2D eigenvalue weighted by Gasteiger charge is -1.96. The Labute approximate surface area is 105 Å². The minimum atomic E-state index is 0.867. The average molecular weight is 231 g/mol. The highest BCUT2D eigenvalue weighted by atomic mass is 14.8. The van der Waals surface area contributed by atoms with Gasteiger partial charge >= 0.3 is 0 Å². The molecule has 0 bridgehead atoms. The first kappa shape index (κ1) is 15.2. The maximum atomic E-state index is 3.95. The third kappa shape index (κ3) is 8.05. The van der Waals surface area contributed by atoms with Crippen LogP contribution in [0.3, 0.4) is 0 Å². The minimum absolute atomic E-state index is 0.867. The summed E-state index contributed by atoms with van der Waals surface area (Å²) in [6.07, 6.45) is 14.0. The van der Waals surface area contributed by atoms with E-state index >= 15 is 0 Å². The molecule has 0 heterocycles. The van der Waals surface area contributed by atoms with Gasteiger partial charge in [0.2, 0.25) is 0 Å². The summed E-state index contributed by atoms with van der Waals surface area (Å²) in [6, 6.07) is 0. The number of hydrogen-bond acceptors (Lipinski definition) is 1. The zero-order valence-electron chi connectivity index (χ0n) is 11.0. The fourth-order valence-corrected chi connectivity index (χ4v) is 1.01. The molecular weight excluding hydrogens is 208 g/mol. The zero-order chi connectivity index (χ0) is 13.1. The van der Waals surface area contributed by atoms with Gasteiger partial charge in [-0.2, -0.15) is 0 Å². The Bertz CT molecular complexity index is 368. The molecule has 17 heavy (non-hydrogen) atoms. The largest absolute Gasteiger partial charge is 0.389 e. The summed E-state index contributed by atoms with van der Waals surface area (Å²) < 4.78 is 0. The van der Waals surface area contributed by atoms with Gasteiger partial charge in [-0.1, -0.05) is 37.5 Å². The molecule has 0 aromatic heterocycles. The highest BCUT2D eigenvalue weighted by Gasteiger charge is 1.86. The van der Waals surface area contributed by atoms with Crippen molar-refractivity contribution in [3.8, 4) is 0 Å². The van der Waals surface area contributed by atoms with Crippen LogP contribution in [0.15, 0.2) is 72.7 Å². The molecule has 0 fully saturated rings. The van der Waals surface area contributed by atoms with Crippen LogP contribution in [0, 0.1) is 0 Å². The van der Waals surface area contributed by atoms with E-state index in [4.69, 9.17) is 0 Å². The second-order valence-electron chi connectivity index (χ2n) is 3.50. The van der Waals surface area contributed by atoms with Crippen LogP contribution in [0.25, 0.3) is 0 Å². The van der Waals surface area contributed by atoms with Gasteiger partial charge < -0.3 is 10.6 Å². The van der Waals surface area contributed by atoms with Crippen molar-refractivity contribution in [3.05, 3.63) is 72.7 Å². The Morgan fingerprint density at radius 2 is 1.71 bits per heavy atom. The first-order chi connectivity index (χ1) is 8.13. The molecule has 0 saturated carbocycles. The fourth-order valence-electron chi connectivity index (χ4n) is 1.01. The van der Waals surface area contributed by atoms with E-state index in [1.54, 1.807) is 0 Å². The topological polar surface area (TPSA) is 28.6 Å². The first-order valence-corrected chi connectivity index (χ1v) is 5.68. The molecule has 0 aliphatic rings. The van der Waals surface area contributed by atoms with E-state index in [0.717, 1.165) is 16.8 Å². The molecule has 3 N–H and O–H groups in total. The van der Waals surface area contributed by atoms with Gasteiger partial charge in [-0.3, -0.25) is 0 Å². The Hall–Kier alpha value is -1.80. The van der Waals surface area contributed by atoms with E-state index < -0.39 is 0 Å². The molecular formula is C15H23N2+. The Morgan fingerprint density at radius 1 is 1.06 bits per heavy atom. The number of rotatable bonds is 7. The van der Waals surface area contributed by atoms with Crippen LogP contribution in [0.5, 0.6) is 0 Å². The maximum Gasteiger partial charge on any atom is 0.0929 e. The van der Waals surface area contributed by atoms with E-state index in [1.807, 2.05) is 56.8 Å². The van der Waals surface area contributed by atoms with Crippen molar-refractivity contribution in [2.75, 3.05) is 14.1 Å². The maximum absolute atomic E-state index is 3.95. The predicted octanol–water partition coefficient (Wildman–Crippen LogP) is 2.04. The molecule has 92 valence electrons. The van der Waals surface area contributed by atoms with E-state index in [9.17, 15) is 0 Å². The van der Waals surface area contributed by atoms with E-state index in [1.165, 1.54) is 0 Å². The van der Waals surface area contributed by atoms with Crippen molar-refractivity contribution in [3.63, 3.8) is 0 Å². The number of likely N-dealkylation sites (N-methyl/N-ethyl adjacent to an activating group) is 1. The molecule has 0 radical (unpaired) electrons. The highest BCUT2D eigenvalue weighted by Crippen LogP contribution is 2.03. The molecule has 0 atom stereocenters. The third-order valence-corrected chi connectivity index (χ3v) is 2.12. The predicted molar refractivity (Wildman–Crippen MR) is 76.4 cm³/mol. The molecule has 0 aromatic rings. The van der Waals surface area contributed by atoms with Crippen LogP contribution in [-0.4, -0.2) is 14.1 Å². The van der Waals surface area contributed by atoms with Crippen molar-refractivity contribution in [1.82, 2.24) is 5.32 Å². The summed E-state index contributed by atoms with van der Waals surface area (Å²) in [5.74, 6) is 0. The van der Waals surface area contributed by atoms with Crippen LogP contribution >= 0.6 is 0 Å². The van der Waals surface area contributed by atoms with Crippen molar-refractivity contribution >= 4 is 0 Å². The molecule has 0 unspecified atom stereocenters. The lowest BCUT2D eigenvalue weighted by Crippen LogP contribution is -2.72. The molecule has 0 aromatic carbocycles. The minimum Gasteiger partial charge on any atom is -0.389 e. The second kappa shape index (κ2) is 9.43. The van der Waals surface area contributed by atoms with Crippen LogP contribution in [-0.2, 0) is 0 Å². The summed E-state index contributed by atoms with van der Waals surface area (Å²) in [5.41, 5.74) is 2.96. The Balaban J connectivity index is 4.41. The third-order valence-electron chi connectivity index (χ3n) is 2.12. The van der Waals surface area contributed by atoms with Crippen molar-refractivity contribution < 1.29 is 5.32 Å². The molecule has 0 saturated heterocycles. The number of nitrogens with one attached hydrogen (secondary N) is 1. The fraction of sp³-hybridized carbons (Fsp3) is 0.200. The van der Waals surface area contributed by atoms with Crippen LogP contribution in [0.2, 0.25) is 0 Å². The summed E-state index contributed by atoms with van der Waals surface area (Å²) >= 11 is 0. The van der Waals surface area contributed by atoms with Gasteiger partial charge in [0.1, 0.15) is 0 Å². The van der Waals surface area contributed by atoms with Gasteiger partial charge in [0.15, 0.2) is 0 Å². The van der Waals surface area contributed by atoms with Gasteiger partial charge in [0.05, 0.1) is 13.2 Å². The standard InChI is InChI=1S/C15H22N2/c1-6-15(11-12-16-4)10-8-13(2)7-9-14(3)17-5/h6-12,16-17H,2-3H2,1,4-5H3/p+1/b9-7-,10-8+,12-11-,15-6-. The summed E-state index contributed by atoms with van der Waals surface area (Å²) in [4.78, 5) is 0. The quantitative estimate of drug-likeness (QED) is 0.645. The van der Waals surface area contributed by atoms with Gasteiger partial charge in [0, 0.05) is 12.7 Å². The number of quaternary nitrogens is 1. The summed E-state index contributed by atoms with van der Waals surface area (Å²) in [7, 11) is 3.84. The van der Waals surface area contributed by atoms with E-state index in [0.29, 0.717) is 0 Å². The average Bonchev–Trinajstić information content (AvgIpc) is 2.36. The SMILES string of the molecule is C=C(/C=C\C(=C)NC)/C=C/C(/C=C\[NH2+]C)=C/C. The smallest absolute Gasteiger partial charge is 0.0929 e. The first-order valence-electron chi connectivity index (χ1n) is 5.68. The van der Waals surface area contributed by atoms with Crippen LogP contribution in [0.1, 0.15) is 6.92 Å². The van der Waals surface area contributed by atoms with Crippen LogP contribution < -0.4 is 10.6 Å². The highest BCUT2D eigenvalue weighted by molar-refractivity contribution is 5.38. The molecule has 0 amide bonds. The zero-order valence-corrected chi connectivity index (χ0v) is 11.0. The number of allylic oxidation sites excluding steroid dienone is 8. The Morgan fingerprint density at radius 3 is 2.24 bits per heavy atom. The number of hydrogen-bond donors (Lipinski definition) is 2. The molecule has 0 aliphatic carbocycles. The van der Waals surface area contributed by atoms with E-state index in [2.05, 4.69) is 30.6 Å². The normalized spacial score (nSPS) is 12.8. The molecule has 0 spiro atoms. The molecule has 2 heteroatoms. The summed E-state index contributed by atoms with van der Waals surface area (Å²) in [6.45, 7) is 9.77. The van der Waals surface area contributed by atoms with Crippen LogP contribution in [0.4, 0.5) is 0 Å². The second-order valence-corrected chi connectivity index (χ2v) is 3.50. The van der Waals surface area contributed by atoms with Crippen molar-refractivity contribution in [2.24, 2.45) is 0 Å². The molecule has 0 aliphatic heterocycles. The van der Waals surface area contributed by atoms with Gasteiger partial charge in [-0.25, -0.2) is 0 Å². The van der Waals surface area contributed by atoms with E-state index in [-0.39, 0.29) is 0 Å². The van der Waals surface area contributed by atoms with Gasteiger partial charge in [-0.05, 0) is 30.2 Å². The lowest BCUT2D eigenvalue weighted by molar-refractivity contribution is -0.556. The van der Waals surface area contributed by atoms with Crippen molar-refractivity contribution in [2.45, 2.75) is 6.92 Å². The van der Waals surface area contributed by atoms with Gasteiger partial charge in [0.25, 0.3) is 0 Å².